The molecule has 1 amide bonds. The number of aryl methyl sites for hydroxylation is 1. The fourth-order valence-electron chi connectivity index (χ4n) is 2.84. The van der Waals surface area contributed by atoms with Crippen LogP contribution in [0.25, 0.3) is 11.4 Å². The maximum absolute atomic E-state index is 12.4. The number of nitrogens with zero attached hydrogens (tertiary/aromatic N) is 4. The molecular weight excluding hydrogens is 458 g/mol. The fraction of sp³-hybridized carbons (Fsp3) is 0.250. The van der Waals surface area contributed by atoms with Crippen LogP contribution in [0.4, 0.5) is 11.4 Å². The maximum Gasteiger partial charge on any atom is 0.289 e. The largest absolute Gasteiger partial charge is 0.325 e. The van der Waals surface area contributed by atoms with E-state index in [9.17, 15) is 14.9 Å². The van der Waals surface area contributed by atoms with Gasteiger partial charge >= 0.3 is 0 Å². The van der Waals surface area contributed by atoms with Crippen molar-refractivity contribution in [3.05, 3.63) is 62.3 Å². The molecule has 0 aliphatic rings. The Morgan fingerprint density at radius 3 is 2.94 bits per heavy atom. The van der Waals surface area contributed by atoms with Gasteiger partial charge < -0.3 is 5.32 Å². The van der Waals surface area contributed by atoms with Gasteiger partial charge in [0.1, 0.15) is 5.02 Å². The minimum Gasteiger partial charge on any atom is -0.325 e. The SMILES string of the molecule is C=CCn1c(SCC(=O)Nc2ccc(Cl)c([N+](=O)[O-])c2)nnc1-c1csc(CCC)c1. The van der Waals surface area contributed by atoms with Gasteiger partial charge in [-0.15, -0.1) is 28.1 Å². The van der Waals surface area contributed by atoms with Crippen molar-refractivity contribution in [3.8, 4) is 11.4 Å². The van der Waals surface area contributed by atoms with E-state index in [1.807, 2.05) is 4.57 Å². The van der Waals surface area contributed by atoms with Crippen LogP contribution in [0.1, 0.15) is 18.2 Å². The summed E-state index contributed by atoms with van der Waals surface area (Å²) < 4.78 is 1.91. The topological polar surface area (TPSA) is 103 Å². The molecule has 0 bridgehead atoms. The number of anilines is 1. The van der Waals surface area contributed by atoms with Gasteiger partial charge in [0, 0.05) is 34.1 Å². The number of halogens is 1. The van der Waals surface area contributed by atoms with E-state index in [0.29, 0.717) is 17.4 Å². The van der Waals surface area contributed by atoms with Crippen LogP contribution in [0.5, 0.6) is 0 Å². The van der Waals surface area contributed by atoms with Crippen LogP contribution < -0.4 is 5.32 Å². The molecule has 3 rings (SSSR count). The van der Waals surface area contributed by atoms with Crippen molar-refractivity contribution in [2.45, 2.75) is 31.5 Å². The summed E-state index contributed by atoms with van der Waals surface area (Å²) >= 11 is 8.73. The van der Waals surface area contributed by atoms with Gasteiger partial charge in [0.15, 0.2) is 11.0 Å². The second-order valence-corrected chi connectivity index (χ2v) is 8.86. The third-order valence-electron chi connectivity index (χ3n) is 4.20. The average Bonchev–Trinajstić information content (AvgIpc) is 3.35. The molecule has 0 radical (unpaired) electrons. The Kier molecular flexibility index (Phi) is 7.83. The van der Waals surface area contributed by atoms with Crippen molar-refractivity contribution in [2.75, 3.05) is 11.1 Å². The van der Waals surface area contributed by atoms with Crippen molar-refractivity contribution in [1.29, 1.82) is 0 Å². The molecule has 0 saturated carbocycles. The average molecular weight is 478 g/mol. The molecule has 162 valence electrons. The van der Waals surface area contributed by atoms with Gasteiger partial charge in [-0.25, -0.2) is 0 Å². The summed E-state index contributed by atoms with van der Waals surface area (Å²) in [5, 5.41) is 24.9. The highest BCUT2D eigenvalue weighted by atomic mass is 35.5. The molecule has 0 unspecified atom stereocenters. The molecule has 1 aromatic carbocycles. The number of benzene rings is 1. The Bertz CT molecular complexity index is 1110. The van der Waals surface area contributed by atoms with Crippen LogP contribution in [0, 0.1) is 10.1 Å². The summed E-state index contributed by atoms with van der Waals surface area (Å²) in [4.78, 5) is 24.1. The quantitative estimate of drug-likeness (QED) is 0.180. The Labute approximate surface area is 192 Å². The van der Waals surface area contributed by atoms with E-state index < -0.39 is 4.92 Å². The number of aromatic nitrogens is 3. The first kappa shape index (κ1) is 23.0. The predicted octanol–water partition coefficient (Wildman–Crippen LogP) is 5.44. The highest BCUT2D eigenvalue weighted by molar-refractivity contribution is 7.99. The van der Waals surface area contributed by atoms with Gasteiger partial charge in [0.2, 0.25) is 5.91 Å². The van der Waals surface area contributed by atoms with Crippen LogP contribution >= 0.6 is 34.7 Å². The molecule has 1 N–H and O–H groups in total. The summed E-state index contributed by atoms with van der Waals surface area (Å²) in [5.41, 5.74) is 1.03. The molecule has 0 aliphatic carbocycles. The van der Waals surface area contributed by atoms with Crippen LogP contribution in [0.2, 0.25) is 5.02 Å². The number of thioether (sulfide) groups is 1. The highest BCUT2D eigenvalue weighted by Gasteiger charge is 2.17. The van der Waals surface area contributed by atoms with E-state index in [0.717, 1.165) is 24.2 Å². The lowest BCUT2D eigenvalue weighted by atomic mass is 10.2. The standard InChI is InChI=1S/C20H20ClN5O3S2/c1-3-5-15-9-13(11-30-15)19-23-24-20(25(19)8-4-2)31-12-18(27)22-14-6-7-16(21)17(10-14)26(28)29/h4,6-7,9-11H,2-3,5,8,12H2,1H3,(H,22,27). The zero-order valence-corrected chi connectivity index (χ0v) is 19.1. The molecule has 0 aliphatic heterocycles. The zero-order chi connectivity index (χ0) is 22.4. The van der Waals surface area contributed by atoms with Crippen molar-refractivity contribution in [2.24, 2.45) is 0 Å². The molecule has 0 saturated heterocycles. The van der Waals surface area contributed by atoms with Gasteiger partial charge in [-0.05, 0) is 24.6 Å². The summed E-state index contributed by atoms with van der Waals surface area (Å²) in [6.45, 7) is 6.45. The van der Waals surface area contributed by atoms with E-state index in [-0.39, 0.29) is 22.4 Å². The summed E-state index contributed by atoms with van der Waals surface area (Å²) in [6.07, 6.45) is 3.85. The lowest BCUT2D eigenvalue weighted by Crippen LogP contribution is -2.14. The minimum atomic E-state index is -0.595. The molecule has 8 nitrogen and oxygen atoms in total. The van der Waals surface area contributed by atoms with Gasteiger partial charge in [0.25, 0.3) is 5.69 Å². The van der Waals surface area contributed by atoms with Gasteiger partial charge in [-0.3, -0.25) is 19.5 Å². The van der Waals surface area contributed by atoms with Gasteiger partial charge in [0.05, 0.1) is 10.7 Å². The Morgan fingerprint density at radius 1 is 1.42 bits per heavy atom. The predicted molar refractivity (Wildman–Crippen MR) is 125 cm³/mol. The van der Waals surface area contributed by atoms with E-state index in [2.05, 4.69) is 40.5 Å². The summed E-state index contributed by atoms with van der Waals surface area (Å²) in [5.74, 6) is 0.475. The lowest BCUT2D eigenvalue weighted by Gasteiger charge is -2.08. The number of nitro groups is 1. The Hall–Kier alpha value is -2.69. The third kappa shape index (κ3) is 5.72. The van der Waals surface area contributed by atoms with Crippen molar-refractivity contribution < 1.29 is 9.72 Å². The smallest absolute Gasteiger partial charge is 0.289 e. The first-order valence-electron chi connectivity index (χ1n) is 9.41. The number of nitro benzene ring substituents is 1. The molecule has 0 fully saturated rings. The molecule has 31 heavy (non-hydrogen) atoms. The Morgan fingerprint density at radius 2 is 2.23 bits per heavy atom. The van der Waals surface area contributed by atoms with Crippen LogP contribution in [-0.2, 0) is 17.8 Å². The Balaban J connectivity index is 1.70. The molecule has 3 aromatic rings. The third-order valence-corrected chi connectivity index (χ3v) is 6.48. The second-order valence-electron chi connectivity index (χ2n) is 6.52. The number of hydrogen-bond donors (Lipinski definition) is 1. The van der Waals surface area contributed by atoms with Crippen LogP contribution in [0.3, 0.4) is 0 Å². The van der Waals surface area contributed by atoms with E-state index >= 15 is 0 Å². The van der Waals surface area contributed by atoms with E-state index in [1.54, 1.807) is 17.4 Å². The van der Waals surface area contributed by atoms with Crippen molar-refractivity contribution in [1.82, 2.24) is 14.8 Å². The maximum atomic E-state index is 12.4. The van der Waals surface area contributed by atoms with Crippen LogP contribution in [-0.4, -0.2) is 31.3 Å². The van der Waals surface area contributed by atoms with Crippen molar-refractivity contribution >= 4 is 52.0 Å². The summed E-state index contributed by atoms with van der Waals surface area (Å²) in [6, 6.07) is 6.24. The molecule has 2 heterocycles. The highest BCUT2D eigenvalue weighted by Crippen LogP contribution is 2.29. The summed E-state index contributed by atoms with van der Waals surface area (Å²) in [7, 11) is 0. The monoisotopic (exact) mass is 477 g/mol. The number of carbonyl (C=O) groups excluding carboxylic acids is 1. The normalized spacial score (nSPS) is 10.8. The number of carbonyl (C=O) groups is 1. The number of rotatable bonds is 10. The van der Waals surface area contributed by atoms with Crippen molar-refractivity contribution in [3.63, 3.8) is 0 Å². The number of allylic oxidation sites excluding steroid dienone is 1. The first-order chi connectivity index (χ1) is 14.9. The number of amides is 1. The van der Waals surface area contributed by atoms with Crippen LogP contribution in [0.15, 0.2) is 47.5 Å². The van der Waals surface area contributed by atoms with Gasteiger partial charge in [-0.2, -0.15) is 0 Å². The second kappa shape index (κ2) is 10.6. The number of thiophene rings is 1. The lowest BCUT2D eigenvalue weighted by molar-refractivity contribution is -0.384. The molecule has 11 heteroatoms. The first-order valence-corrected chi connectivity index (χ1v) is 11.7. The molecule has 2 aromatic heterocycles. The molecule has 0 spiro atoms. The van der Waals surface area contributed by atoms with Gasteiger partial charge in [-0.1, -0.05) is 42.8 Å². The minimum absolute atomic E-state index is 0.0120. The fourth-order valence-corrected chi connectivity index (χ4v) is 4.74. The zero-order valence-electron chi connectivity index (χ0n) is 16.7. The van der Waals surface area contributed by atoms with E-state index in [1.165, 1.54) is 34.8 Å². The number of hydrogen-bond acceptors (Lipinski definition) is 7. The number of nitrogens with one attached hydrogen (secondary N) is 1. The molecular formula is C20H20ClN5O3S2. The molecule has 0 atom stereocenters. The van der Waals surface area contributed by atoms with E-state index in [4.69, 9.17) is 11.6 Å².